The molecule has 6 nitrogen and oxygen atoms in total. The van der Waals surface area contributed by atoms with Crippen molar-refractivity contribution in [3.05, 3.63) is 15.6 Å². The molecular formula is C14H21N3O3S. The molecule has 0 aromatic carbocycles. The first-order valence-electron chi connectivity index (χ1n) is 7.05. The van der Waals surface area contributed by atoms with Crippen molar-refractivity contribution in [2.75, 3.05) is 13.1 Å². The van der Waals surface area contributed by atoms with Gasteiger partial charge in [0, 0.05) is 6.54 Å². The van der Waals surface area contributed by atoms with Gasteiger partial charge in [-0.3, -0.25) is 4.79 Å². The molecule has 116 valence electrons. The molecule has 1 unspecified atom stereocenters. The number of hydrogen-bond donors (Lipinski definition) is 3. The normalized spacial score (nSPS) is 21.7. The van der Waals surface area contributed by atoms with E-state index >= 15 is 0 Å². The molecule has 0 radical (unpaired) electrons. The average Bonchev–Trinajstić information content (AvgIpc) is 3.03. The number of hydrogen-bond acceptors (Lipinski definition) is 5. The quantitative estimate of drug-likeness (QED) is 0.764. The Labute approximate surface area is 128 Å². The van der Waals surface area contributed by atoms with E-state index in [1.165, 1.54) is 0 Å². The predicted octanol–water partition coefficient (Wildman–Crippen LogP) is 1.40. The van der Waals surface area contributed by atoms with Crippen LogP contribution in [0.25, 0.3) is 0 Å². The van der Waals surface area contributed by atoms with Crippen LogP contribution in [0.4, 0.5) is 0 Å². The maximum Gasteiger partial charge on any atom is 0.347 e. The lowest BCUT2D eigenvalue weighted by atomic mass is 9.75. The molecule has 0 aliphatic carbocycles. The van der Waals surface area contributed by atoms with Crippen molar-refractivity contribution in [1.29, 1.82) is 0 Å². The Morgan fingerprint density at radius 1 is 1.52 bits per heavy atom. The number of aromatic nitrogens is 1. The molecule has 2 heterocycles. The van der Waals surface area contributed by atoms with Gasteiger partial charge in [-0.1, -0.05) is 13.8 Å². The topological polar surface area (TPSA) is 91.3 Å². The molecule has 1 saturated heterocycles. The summed E-state index contributed by atoms with van der Waals surface area (Å²) in [5, 5.41) is 15.8. The van der Waals surface area contributed by atoms with Gasteiger partial charge < -0.3 is 15.7 Å². The van der Waals surface area contributed by atoms with Gasteiger partial charge in [0.15, 0.2) is 0 Å². The molecule has 1 aromatic rings. The zero-order valence-corrected chi connectivity index (χ0v) is 13.3. The standard InChI is InChI=1S/C14H21N3O3S/c1-8(2)14(4-5-15-7-14)13(20)16-6-10-17-9(3)11(21-10)12(18)19/h8,15H,4-7H2,1-3H3,(H,16,20)(H,18,19). The number of carbonyl (C=O) groups excluding carboxylic acids is 1. The molecule has 2 rings (SSSR count). The van der Waals surface area contributed by atoms with Gasteiger partial charge in [-0.15, -0.1) is 11.3 Å². The second-order valence-electron chi connectivity index (χ2n) is 5.75. The monoisotopic (exact) mass is 311 g/mol. The maximum atomic E-state index is 12.5. The number of aryl methyl sites for hydroxylation is 1. The first-order valence-corrected chi connectivity index (χ1v) is 7.87. The third kappa shape index (κ3) is 3.08. The van der Waals surface area contributed by atoms with E-state index in [-0.39, 0.29) is 28.7 Å². The van der Waals surface area contributed by atoms with Gasteiger partial charge >= 0.3 is 5.97 Å². The number of thiazole rings is 1. The summed E-state index contributed by atoms with van der Waals surface area (Å²) in [5.74, 6) is -0.700. The summed E-state index contributed by atoms with van der Waals surface area (Å²) in [6.45, 7) is 7.61. The number of carboxylic acid groups (broad SMARTS) is 1. The second-order valence-corrected chi connectivity index (χ2v) is 6.83. The molecule has 0 saturated carbocycles. The average molecular weight is 311 g/mol. The first-order chi connectivity index (χ1) is 9.86. The highest BCUT2D eigenvalue weighted by Crippen LogP contribution is 2.34. The number of nitrogens with zero attached hydrogens (tertiary/aromatic N) is 1. The minimum absolute atomic E-state index is 0.0206. The molecule has 21 heavy (non-hydrogen) atoms. The van der Waals surface area contributed by atoms with Crippen molar-refractivity contribution >= 4 is 23.2 Å². The third-order valence-electron chi connectivity index (χ3n) is 4.18. The van der Waals surface area contributed by atoms with Crippen molar-refractivity contribution < 1.29 is 14.7 Å². The Hall–Kier alpha value is -1.47. The molecule has 0 spiro atoms. The van der Waals surface area contributed by atoms with E-state index in [2.05, 4.69) is 29.5 Å². The van der Waals surface area contributed by atoms with E-state index in [9.17, 15) is 9.59 Å². The molecular weight excluding hydrogens is 290 g/mol. The number of aromatic carboxylic acids is 1. The van der Waals surface area contributed by atoms with Crippen molar-refractivity contribution in [2.24, 2.45) is 11.3 Å². The summed E-state index contributed by atoms with van der Waals surface area (Å²) in [4.78, 5) is 28.0. The van der Waals surface area contributed by atoms with Crippen LogP contribution in [0.5, 0.6) is 0 Å². The molecule has 0 bridgehead atoms. The molecule has 1 aromatic heterocycles. The summed E-state index contributed by atoms with van der Waals surface area (Å²) in [6, 6.07) is 0. The fraction of sp³-hybridized carbons (Fsp3) is 0.643. The number of carbonyl (C=O) groups is 2. The summed E-state index contributed by atoms with van der Waals surface area (Å²) in [7, 11) is 0. The van der Waals surface area contributed by atoms with Crippen LogP contribution in [0.2, 0.25) is 0 Å². The molecule has 7 heteroatoms. The zero-order valence-electron chi connectivity index (χ0n) is 12.5. The fourth-order valence-corrected chi connectivity index (χ4v) is 3.56. The van der Waals surface area contributed by atoms with Crippen molar-refractivity contribution in [1.82, 2.24) is 15.6 Å². The van der Waals surface area contributed by atoms with Gasteiger partial charge in [-0.25, -0.2) is 9.78 Å². The van der Waals surface area contributed by atoms with Crippen LogP contribution in [-0.4, -0.2) is 35.1 Å². The minimum atomic E-state index is -0.971. The predicted molar refractivity (Wildman–Crippen MR) is 80.4 cm³/mol. The van der Waals surface area contributed by atoms with Crippen LogP contribution < -0.4 is 10.6 Å². The lowest BCUT2D eigenvalue weighted by Crippen LogP contribution is -2.45. The van der Waals surface area contributed by atoms with Crippen molar-refractivity contribution in [2.45, 2.75) is 33.7 Å². The van der Waals surface area contributed by atoms with Crippen LogP contribution in [-0.2, 0) is 11.3 Å². The van der Waals surface area contributed by atoms with Gasteiger partial charge in [0.05, 0.1) is 17.7 Å². The highest BCUT2D eigenvalue weighted by Gasteiger charge is 2.43. The number of rotatable bonds is 5. The second kappa shape index (κ2) is 6.11. The van der Waals surface area contributed by atoms with E-state index in [0.717, 1.165) is 24.3 Å². The minimum Gasteiger partial charge on any atom is -0.477 e. The Bertz CT molecular complexity index is 548. The van der Waals surface area contributed by atoms with Crippen LogP contribution in [0.15, 0.2) is 0 Å². The highest BCUT2D eigenvalue weighted by atomic mass is 32.1. The molecule has 1 aliphatic heterocycles. The third-order valence-corrected chi connectivity index (χ3v) is 5.33. The summed E-state index contributed by atoms with van der Waals surface area (Å²) >= 11 is 1.12. The van der Waals surface area contributed by atoms with Crippen LogP contribution in [0.3, 0.4) is 0 Å². The Balaban J connectivity index is 2.04. The van der Waals surface area contributed by atoms with Gasteiger partial charge in [0.1, 0.15) is 9.88 Å². The number of carboxylic acids is 1. The van der Waals surface area contributed by atoms with Gasteiger partial charge in [0.25, 0.3) is 0 Å². The molecule has 1 fully saturated rings. The maximum absolute atomic E-state index is 12.5. The molecule has 1 aliphatic rings. The van der Waals surface area contributed by atoms with Crippen LogP contribution in [0, 0.1) is 18.3 Å². The summed E-state index contributed by atoms with van der Waals surface area (Å²) in [5.41, 5.74) is 0.125. The van der Waals surface area contributed by atoms with Gasteiger partial charge in [0.2, 0.25) is 5.91 Å². The Morgan fingerprint density at radius 3 is 2.71 bits per heavy atom. The molecule has 1 atom stereocenters. The lowest BCUT2D eigenvalue weighted by molar-refractivity contribution is -0.132. The first kappa shape index (κ1) is 15.9. The number of nitrogens with one attached hydrogen (secondary N) is 2. The largest absolute Gasteiger partial charge is 0.477 e. The summed E-state index contributed by atoms with van der Waals surface area (Å²) < 4.78 is 0. The van der Waals surface area contributed by atoms with E-state index in [4.69, 9.17) is 5.11 Å². The molecule has 3 N–H and O–H groups in total. The van der Waals surface area contributed by atoms with E-state index in [1.54, 1.807) is 6.92 Å². The SMILES string of the molecule is Cc1nc(CNC(=O)C2(C(C)C)CCNC2)sc1C(=O)O. The lowest BCUT2D eigenvalue weighted by Gasteiger charge is -2.30. The Kier molecular flexibility index (Phi) is 4.63. The highest BCUT2D eigenvalue weighted by molar-refractivity contribution is 7.13. The van der Waals surface area contributed by atoms with Crippen LogP contribution >= 0.6 is 11.3 Å². The van der Waals surface area contributed by atoms with E-state index in [1.807, 2.05) is 0 Å². The smallest absolute Gasteiger partial charge is 0.347 e. The van der Waals surface area contributed by atoms with Gasteiger partial charge in [-0.2, -0.15) is 0 Å². The van der Waals surface area contributed by atoms with Crippen molar-refractivity contribution in [3.8, 4) is 0 Å². The molecule has 1 amide bonds. The zero-order chi connectivity index (χ0) is 15.6. The summed E-state index contributed by atoms with van der Waals surface area (Å²) in [6.07, 6.45) is 0.827. The van der Waals surface area contributed by atoms with Crippen molar-refractivity contribution in [3.63, 3.8) is 0 Å². The Morgan fingerprint density at radius 2 is 2.24 bits per heavy atom. The van der Waals surface area contributed by atoms with E-state index < -0.39 is 5.97 Å². The number of amides is 1. The fourth-order valence-electron chi connectivity index (χ4n) is 2.72. The van der Waals surface area contributed by atoms with Crippen LogP contribution in [0.1, 0.15) is 40.6 Å². The van der Waals surface area contributed by atoms with Gasteiger partial charge in [-0.05, 0) is 25.8 Å². The van der Waals surface area contributed by atoms with E-state index in [0.29, 0.717) is 17.2 Å².